The molecule has 2 aromatic carbocycles. The van der Waals surface area contributed by atoms with E-state index in [-0.39, 0.29) is 11.6 Å². The molecule has 138 valence electrons. The number of carbonyl (C=O) groups excluding carboxylic acids is 1. The zero-order chi connectivity index (χ0) is 18.9. The standard InChI is InChI=1S/C21H22N4O2/c1-2-27-19-11-7-6-10-17(19)25-20-15-23-18(14-24-20)21(26)22-13-12-16-8-4-3-5-9-16/h3-11,14-15H,2,12-13H2,1H3,(H,22,26)(H,24,25). The smallest absolute Gasteiger partial charge is 0.271 e. The molecular weight excluding hydrogens is 340 g/mol. The molecule has 1 amide bonds. The van der Waals surface area contributed by atoms with Crippen molar-refractivity contribution in [1.29, 1.82) is 0 Å². The van der Waals surface area contributed by atoms with E-state index in [0.29, 0.717) is 19.0 Å². The summed E-state index contributed by atoms with van der Waals surface area (Å²) in [7, 11) is 0. The topological polar surface area (TPSA) is 76.1 Å². The van der Waals surface area contributed by atoms with Gasteiger partial charge in [-0.25, -0.2) is 9.97 Å². The summed E-state index contributed by atoms with van der Waals surface area (Å²) in [4.78, 5) is 20.7. The molecule has 3 rings (SSSR count). The predicted octanol–water partition coefficient (Wildman–Crippen LogP) is 3.59. The highest BCUT2D eigenvalue weighted by Crippen LogP contribution is 2.26. The highest BCUT2D eigenvalue weighted by molar-refractivity contribution is 5.92. The first-order valence-corrected chi connectivity index (χ1v) is 8.89. The molecule has 0 radical (unpaired) electrons. The Hall–Kier alpha value is -3.41. The summed E-state index contributed by atoms with van der Waals surface area (Å²) in [6.07, 6.45) is 3.77. The van der Waals surface area contributed by atoms with E-state index in [2.05, 4.69) is 20.6 Å². The molecule has 0 aliphatic carbocycles. The fraction of sp³-hybridized carbons (Fsp3) is 0.190. The maximum Gasteiger partial charge on any atom is 0.271 e. The lowest BCUT2D eigenvalue weighted by Crippen LogP contribution is -2.26. The van der Waals surface area contributed by atoms with Gasteiger partial charge in [-0.2, -0.15) is 0 Å². The molecule has 0 unspecified atom stereocenters. The molecule has 0 aliphatic heterocycles. The van der Waals surface area contributed by atoms with Crippen LogP contribution in [0, 0.1) is 0 Å². The molecule has 0 spiro atoms. The Morgan fingerprint density at radius 2 is 1.78 bits per heavy atom. The number of carbonyl (C=O) groups is 1. The Bertz CT molecular complexity index is 867. The Kier molecular flexibility index (Phi) is 6.35. The van der Waals surface area contributed by atoms with Gasteiger partial charge >= 0.3 is 0 Å². The lowest BCUT2D eigenvalue weighted by Gasteiger charge is -2.11. The molecule has 0 aliphatic rings. The number of anilines is 2. The van der Waals surface area contributed by atoms with Gasteiger partial charge in [0, 0.05) is 6.54 Å². The molecule has 3 aromatic rings. The monoisotopic (exact) mass is 362 g/mol. The third-order valence-corrected chi connectivity index (χ3v) is 3.88. The third-order valence-electron chi connectivity index (χ3n) is 3.88. The second kappa shape index (κ2) is 9.33. The van der Waals surface area contributed by atoms with Crippen LogP contribution in [0.1, 0.15) is 23.0 Å². The highest BCUT2D eigenvalue weighted by atomic mass is 16.5. The van der Waals surface area contributed by atoms with Crippen molar-refractivity contribution >= 4 is 17.4 Å². The number of amides is 1. The number of nitrogens with zero attached hydrogens (tertiary/aromatic N) is 2. The quantitative estimate of drug-likeness (QED) is 0.640. The van der Waals surface area contributed by atoms with E-state index in [0.717, 1.165) is 17.9 Å². The van der Waals surface area contributed by atoms with E-state index in [9.17, 15) is 4.79 Å². The second-order valence-electron chi connectivity index (χ2n) is 5.83. The van der Waals surface area contributed by atoms with Gasteiger partial charge in [-0.3, -0.25) is 4.79 Å². The van der Waals surface area contributed by atoms with Crippen molar-refractivity contribution in [2.75, 3.05) is 18.5 Å². The maximum absolute atomic E-state index is 12.2. The van der Waals surface area contributed by atoms with Crippen molar-refractivity contribution in [1.82, 2.24) is 15.3 Å². The third kappa shape index (κ3) is 5.28. The number of ether oxygens (including phenoxy) is 1. The van der Waals surface area contributed by atoms with Crippen molar-refractivity contribution in [3.63, 3.8) is 0 Å². The molecule has 27 heavy (non-hydrogen) atoms. The van der Waals surface area contributed by atoms with Gasteiger partial charge in [0.2, 0.25) is 0 Å². The Balaban J connectivity index is 1.56. The average molecular weight is 362 g/mol. The van der Waals surface area contributed by atoms with Gasteiger partial charge in [0.05, 0.1) is 24.7 Å². The number of aromatic nitrogens is 2. The van der Waals surface area contributed by atoms with Crippen LogP contribution in [0.2, 0.25) is 0 Å². The van der Waals surface area contributed by atoms with E-state index in [1.165, 1.54) is 18.0 Å². The van der Waals surface area contributed by atoms with Crippen LogP contribution in [0.5, 0.6) is 5.75 Å². The predicted molar refractivity (Wildman–Crippen MR) is 105 cm³/mol. The van der Waals surface area contributed by atoms with E-state index in [1.807, 2.05) is 61.5 Å². The summed E-state index contributed by atoms with van der Waals surface area (Å²) in [6.45, 7) is 3.06. The van der Waals surface area contributed by atoms with Crippen LogP contribution < -0.4 is 15.4 Å². The lowest BCUT2D eigenvalue weighted by atomic mass is 10.1. The summed E-state index contributed by atoms with van der Waals surface area (Å²) in [5.74, 6) is 1.05. The first kappa shape index (κ1) is 18.4. The number of hydrogen-bond acceptors (Lipinski definition) is 5. The first-order chi connectivity index (χ1) is 13.3. The molecule has 2 N–H and O–H groups in total. The molecule has 0 saturated heterocycles. The van der Waals surface area contributed by atoms with Crippen molar-refractivity contribution in [2.24, 2.45) is 0 Å². The van der Waals surface area contributed by atoms with Crippen LogP contribution >= 0.6 is 0 Å². The Morgan fingerprint density at radius 1 is 1.00 bits per heavy atom. The van der Waals surface area contributed by atoms with E-state index < -0.39 is 0 Å². The fourth-order valence-corrected chi connectivity index (χ4v) is 2.55. The minimum Gasteiger partial charge on any atom is -0.492 e. The van der Waals surface area contributed by atoms with Gasteiger partial charge in [0.25, 0.3) is 5.91 Å². The summed E-state index contributed by atoms with van der Waals surface area (Å²) in [6, 6.07) is 17.6. The second-order valence-corrected chi connectivity index (χ2v) is 5.83. The van der Waals surface area contributed by atoms with Gasteiger partial charge in [-0.15, -0.1) is 0 Å². The maximum atomic E-state index is 12.2. The van der Waals surface area contributed by atoms with E-state index in [4.69, 9.17) is 4.74 Å². The zero-order valence-corrected chi connectivity index (χ0v) is 15.2. The van der Waals surface area contributed by atoms with Crippen molar-refractivity contribution in [3.05, 3.63) is 78.2 Å². The molecule has 6 heteroatoms. The van der Waals surface area contributed by atoms with Crippen LogP contribution in [0.3, 0.4) is 0 Å². The number of hydrogen-bond donors (Lipinski definition) is 2. The van der Waals surface area contributed by atoms with Crippen LogP contribution in [-0.4, -0.2) is 29.0 Å². The summed E-state index contributed by atoms with van der Waals surface area (Å²) in [5, 5.41) is 6.02. The molecule has 0 bridgehead atoms. The van der Waals surface area contributed by atoms with E-state index >= 15 is 0 Å². The van der Waals surface area contributed by atoms with Gasteiger partial charge in [0.15, 0.2) is 0 Å². The Labute approximate surface area is 158 Å². The molecular formula is C21H22N4O2. The van der Waals surface area contributed by atoms with Gasteiger partial charge in [0.1, 0.15) is 17.3 Å². The minimum atomic E-state index is -0.236. The van der Waals surface area contributed by atoms with Gasteiger partial charge < -0.3 is 15.4 Å². The molecule has 0 atom stereocenters. The molecule has 0 saturated carbocycles. The fourth-order valence-electron chi connectivity index (χ4n) is 2.55. The summed E-state index contributed by atoms with van der Waals surface area (Å²) < 4.78 is 5.58. The largest absolute Gasteiger partial charge is 0.492 e. The Morgan fingerprint density at radius 3 is 2.52 bits per heavy atom. The van der Waals surface area contributed by atoms with E-state index in [1.54, 1.807) is 0 Å². The van der Waals surface area contributed by atoms with Crippen LogP contribution in [0.15, 0.2) is 67.0 Å². The van der Waals surface area contributed by atoms with Crippen molar-refractivity contribution < 1.29 is 9.53 Å². The van der Waals surface area contributed by atoms with Crippen LogP contribution in [0.25, 0.3) is 0 Å². The normalized spacial score (nSPS) is 10.3. The number of benzene rings is 2. The molecule has 1 aromatic heterocycles. The molecule has 1 heterocycles. The summed E-state index contributed by atoms with van der Waals surface area (Å²) in [5.41, 5.74) is 2.26. The highest BCUT2D eigenvalue weighted by Gasteiger charge is 2.09. The zero-order valence-electron chi connectivity index (χ0n) is 15.2. The van der Waals surface area contributed by atoms with Gasteiger partial charge in [-0.05, 0) is 31.0 Å². The number of para-hydroxylation sites is 2. The summed E-state index contributed by atoms with van der Waals surface area (Å²) >= 11 is 0. The van der Waals surface area contributed by atoms with Gasteiger partial charge in [-0.1, -0.05) is 42.5 Å². The average Bonchev–Trinajstić information content (AvgIpc) is 2.71. The van der Waals surface area contributed by atoms with Crippen LogP contribution in [-0.2, 0) is 6.42 Å². The van der Waals surface area contributed by atoms with Crippen LogP contribution in [0.4, 0.5) is 11.5 Å². The molecule has 6 nitrogen and oxygen atoms in total. The SMILES string of the molecule is CCOc1ccccc1Nc1cnc(C(=O)NCCc2ccccc2)cn1. The van der Waals surface area contributed by atoms with Crippen molar-refractivity contribution in [2.45, 2.75) is 13.3 Å². The van der Waals surface area contributed by atoms with Crippen molar-refractivity contribution in [3.8, 4) is 5.75 Å². The molecule has 0 fully saturated rings. The lowest BCUT2D eigenvalue weighted by molar-refractivity contribution is 0.0949. The number of rotatable bonds is 8. The number of nitrogens with one attached hydrogen (secondary N) is 2. The first-order valence-electron chi connectivity index (χ1n) is 8.89. The minimum absolute atomic E-state index is 0.236.